The van der Waals surface area contributed by atoms with Gasteiger partial charge in [-0.2, -0.15) is 0 Å². The van der Waals surface area contributed by atoms with Gasteiger partial charge >= 0.3 is 0 Å². The molecule has 0 aliphatic heterocycles. The number of carbonyl (C=O) groups is 2. The molecule has 1 fully saturated rings. The lowest BCUT2D eigenvalue weighted by Gasteiger charge is -2.30. The van der Waals surface area contributed by atoms with Gasteiger partial charge in [0.15, 0.2) is 5.78 Å². The number of carbonyl (C=O) groups excluding carboxylic acids is 2. The summed E-state index contributed by atoms with van der Waals surface area (Å²) in [4.78, 5) is 25.1. The molecule has 2 aromatic carbocycles. The third kappa shape index (κ3) is 5.80. The average Bonchev–Trinajstić information content (AvgIpc) is 2.74. The topological polar surface area (TPSA) is 92.3 Å². The van der Waals surface area contributed by atoms with Crippen molar-refractivity contribution in [2.45, 2.75) is 57.2 Å². The van der Waals surface area contributed by atoms with Crippen LogP contribution in [0.3, 0.4) is 0 Å². The van der Waals surface area contributed by atoms with Gasteiger partial charge in [-0.1, -0.05) is 30.3 Å². The Hall–Kier alpha value is -2.51. The molecule has 0 aromatic heterocycles. The van der Waals surface area contributed by atoms with E-state index in [4.69, 9.17) is 0 Å². The van der Waals surface area contributed by atoms with Crippen molar-refractivity contribution in [2.24, 2.45) is 5.92 Å². The van der Waals surface area contributed by atoms with E-state index in [1.807, 2.05) is 18.2 Å². The van der Waals surface area contributed by atoms with Crippen LogP contribution in [-0.4, -0.2) is 30.9 Å². The molecule has 0 saturated heterocycles. The first kappa shape index (κ1) is 23.2. The van der Waals surface area contributed by atoms with Gasteiger partial charge in [0.1, 0.15) is 0 Å². The van der Waals surface area contributed by atoms with Crippen LogP contribution in [0, 0.1) is 5.92 Å². The summed E-state index contributed by atoms with van der Waals surface area (Å²) in [5.74, 6) is -0.283. The second kappa shape index (κ2) is 9.32. The highest BCUT2D eigenvalue weighted by Gasteiger charge is 2.34. The van der Waals surface area contributed by atoms with Gasteiger partial charge in [-0.05, 0) is 70.7 Å². The Bertz CT molecular complexity index is 1020. The van der Waals surface area contributed by atoms with Gasteiger partial charge in [-0.3, -0.25) is 9.59 Å². The predicted molar refractivity (Wildman–Crippen MR) is 123 cm³/mol. The van der Waals surface area contributed by atoms with Crippen molar-refractivity contribution in [3.63, 3.8) is 0 Å². The van der Waals surface area contributed by atoms with Gasteiger partial charge in [0.05, 0.1) is 4.75 Å². The van der Waals surface area contributed by atoms with Crippen molar-refractivity contribution in [3.8, 4) is 0 Å². The number of nitrogens with one attached hydrogen (secondary N) is 2. The Morgan fingerprint density at radius 3 is 1.94 bits per heavy atom. The van der Waals surface area contributed by atoms with E-state index in [2.05, 4.69) is 10.0 Å². The number of hydrogen-bond donors (Lipinski definition) is 2. The molecule has 7 heteroatoms. The first-order valence-electron chi connectivity index (χ1n) is 10.6. The summed E-state index contributed by atoms with van der Waals surface area (Å²) >= 11 is 0. The second-order valence-electron chi connectivity index (χ2n) is 9.04. The van der Waals surface area contributed by atoms with Crippen molar-refractivity contribution in [1.29, 1.82) is 0 Å². The van der Waals surface area contributed by atoms with Crippen LogP contribution in [-0.2, 0) is 14.8 Å². The Labute approximate surface area is 184 Å². The minimum atomic E-state index is -3.39. The molecule has 1 aliphatic carbocycles. The zero-order valence-electron chi connectivity index (χ0n) is 18.2. The number of anilines is 1. The fraction of sp³-hybridized carbons (Fsp3) is 0.417. The van der Waals surface area contributed by atoms with E-state index in [0.29, 0.717) is 42.5 Å². The van der Waals surface area contributed by atoms with Crippen molar-refractivity contribution in [1.82, 2.24) is 4.72 Å². The number of hydrogen-bond acceptors (Lipinski definition) is 4. The van der Waals surface area contributed by atoms with Gasteiger partial charge in [0.25, 0.3) is 0 Å². The van der Waals surface area contributed by atoms with Crippen LogP contribution in [0.4, 0.5) is 5.69 Å². The van der Waals surface area contributed by atoms with E-state index in [9.17, 15) is 18.0 Å². The van der Waals surface area contributed by atoms with Gasteiger partial charge in [-0.25, -0.2) is 13.1 Å². The summed E-state index contributed by atoms with van der Waals surface area (Å²) in [6.45, 7) is 5.02. The molecule has 0 radical (unpaired) electrons. The molecule has 1 aliphatic rings. The fourth-order valence-electron chi connectivity index (χ4n) is 3.58. The number of sulfonamides is 1. The smallest absolute Gasteiger partial charge is 0.227 e. The van der Waals surface area contributed by atoms with E-state index in [1.54, 1.807) is 57.2 Å². The number of benzene rings is 2. The maximum absolute atomic E-state index is 12.6. The van der Waals surface area contributed by atoms with Crippen LogP contribution < -0.4 is 10.0 Å². The Balaban J connectivity index is 1.53. The van der Waals surface area contributed by atoms with Crippen LogP contribution in [0.2, 0.25) is 0 Å². The van der Waals surface area contributed by atoms with Crippen LogP contribution >= 0.6 is 0 Å². The molecule has 0 spiro atoms. The minimum absolute atomic E-state index is 0.0606. The number of rotatable bonds is 6. The summed E-state index contributed by atoms with van der Waals surface area (Å²) in [7, 11) is -3.39. The van der Waals surface area contributed by atoms with Crippen molar-refractivity contribution in [2.75, 3.05) is 5.32 Å². The Morgan fingerprint density at radius 1 is 0.839 bits per heavy atom. The molecule has 0 atom stereocenters. The zero-order chi connectivity index (χ0) is 22.6. The Kier molecular flexibility index (Phi) is 6.96. The summed E-state index contributed by atoms with van der Waals surface area (Å²) < 4.78 is 26.6. The largest absolute Gasteiger partial charge is 0.326 e. The SMILES string of the molecule is CC(C)(C)S(=O)(=O)N[C@H]1CC[C@H](C(=O)Nc2ccc(C(=O)c3ccccc3)cc2)CC1. The van der Waals surface area contributed by atoms with E-state index < -0.39 is 14.8 Å². The standard InChI is InChI=1S/C24H30N2O4S/c1-24(2,3)31(29,30)26-21-15-11-19(12-16-21)23(28)25-20-13-9-18(10-14-20)22(27)17-7-5-4-6-8-17/h4-10,13-14,19,21,26H,11-12,15-16H2,1-3H3,(H,25,28)/t19-,21-. The molecule has 0 unspecified atom stereocenters. The molecule has 1 saturated carbocycles. The maximum Gasteiger partial charge on any atom is 0.227 e. The molecular weight excluding hydrogens is 412 g/mol. The Morgan fingerprint density at radius 2 is 1.39 bits per heavy atom. The van der Waals surface area contributed by atoms with E-state index >= 15 is 0 Å². The molecule has 31 heavy (non-hydrogen) atoms. The average molecular weight is 443 g/mol. The number of ketones is 1. The van der Waals surface area contributed by atoms with Crippen molar-refractivity contribution in [3.05, 3.63) is 65.7 Å². The van der Waals surface area contributed by atoms with E-state index in [0.717, 1.165) is 0 Å². The highest BCUT2D eigenvalue weighted by atomic mass is 32.2. The summed E-state index contributed by atoms with van der Waals surface area (Å²) in [5, 5.41) is 2.92. The normalized spacial score (nSPS) is 19.6. The molecule has 6 nitrogen and oxygen atoms in total. The molecule has 0 heterocycles. The van der Waals surface area contributed by atoms with Gasteiger partial charge in [0, 0.05) is 28.8 Å². The summed E-state index contributed by atoms with van der Waals surface area (Å²) in [6.07, 6.45) is 2.54. The second-order valence-corrected chi connectivity index (χ2v) is 11.5. The molecule has 2 aromatic rings. The van der Waals surface area contributed by atoms with Gasteiger partial charge in [-0.15, -0.1) is 0 Å². The highest BCUT2D eigenvalue weighted by molar-refractivity contribution is 7.90. The fourth-order valence-corrected chi connectivity index (χ4v) is 4.60. The van der Waals surface area contributed by atoms with E-state index in [1.165, 1.54) is 0 Å². The first-order chi connectivity index (χ1) is 14.6. The summed E-state index contributed by atoms with van der Waals surface area (Å²) in [6, 6.07) is 15.8. The van der Waals surface area contributed by atoms with Crippen molar-refractivity contribution < 1.29 is 18.0 Å². The predicted octanol–water partition coefficient (Wildman–Crippen LogP) is 4.13. The van der Waals surface area contributed by atoms with Crippen LogP contribution in [0.5, 0.6) is 0 Å². The third-order valence-corrected chi connectivity index (χ3v) is 7.93. The van der Waals surface area contributed by atoms with E-state index in [-0.39, 0.29) is 23.7 Å². The van der Waals surface area contributed by atoms with Gasteiger partial charge < -0.3 is 5.32 Å². The molecule has 166 valence electrons. The number of amides is 1. The van der Waals surface area contributed by atoms with Crippen molar-refractivity contribution >= 4 is 27.4 Å². The molecule has 3 rings (SSSR count). The third-order valence-electron chi connectivity index (χ3n) is 5.68. The molecule has 1 amide bonds. The highest BCUT2D eigenvalue weighted by Crippen LogP contribution is 2.27. The molecule has 0 bridgehead atoms. The minimum Gasteiger partial charge on any atom is -0.326 e. The monoisotopic (exact) mass is 442 g/mol. The lowest BCUT2D eigenvalue weighted by Crippen LogP contribution is -2.46. The maximum atomic E-state index is 12.6. The lowest BCUT2D eigenvalue weighted by atomic mass is 9.86. The molecule has 2 N–H and O–H groups in total. The van der Waals surface area contributed by atoms with Crippen LogP contribution in [0.25, 0.3) is 0 Å². The lowest BCUT2D eigenvalue weighted by molar-refractivity contribution is -0.120. The molecular formula is C24H30N2O4S. The van der Waals surface area contributed by atoms with Crippen LogP contribution in [0.15, 0.2) is 54.6 Å². The zero-order valence-corrected chi connectivity index (χ0v) is 19.0. The van der Waals surface area contributed by atoms with Gasteiger partial charge in [0.2, 0.25) is 15.9 Å². The van der Waals surface area contributed by atoms with Crippen LogP contribution in [0.1, 0.15) is 62.4 Å². The summed E-state index contributed by atoms with van der Waals surface area (Å²) in [5.41, 5.74) is 1.83. The first-order valence-corrected chi connectivity index (χ1v) is 12.1. The quantitative estimate of drug-likeness (QED) is 0.658.